The highest BCUT2D eigenvalue weighted by Gasteiger charge is 1.94. The molecule has 0 atom stereocenters. The van der Waals surface area contributed by atoms with Crippen molar-refractivity contribution in [2.45, 2.75) is 71.6 Å². The Balaban J connectivity index is 2.98. The van der Waals surface area contributed by atoms with Crippen LogP contribution in [0.15, 0.2) is 0 Å². The molecule has 0 radical (unpaired) electrons. The summed E-state index contributed by atoms with van der Waals surface area (Å²) in [5, 5.41) is 0. The van der Waals surface area contributed by atoms with Crippen molar-refractivity contribution in [2.75, 3.05) is 6.61 Å². The largest absolute Gasteiger partial charge is 0.466 e. The van der Waals surface area contributed by atoms with Crippen molar-refractivity contribution in [1.29, 1.82) is 0 Å². The molecule has 0 fully saturated rings. The maximum Gasteiger partial charge on any atom is 0.302 e. The van der Waals surface area contributed by atoms with Crippen LogP contribution in [0.3, 0.4) is 0 Å². The highest BCUT2D eigenvalue weighted by Crippen LogP contribution is 2.09. The summed E-state index contributed by atoms with van der Waals surface area (Å²) in [6, 6.07) is 0. The zero-order chi connectivity index (χ0) is 12.8. The Bertz CT molecular complexity index is 235. The van der Waals surface area contributed by atoms with E-state index in [2.05, 4.69) is 11.8 Å². The summed E-state index contributed by atoms with van der Waals surface area (Å²) < 4.78 is 4.87. The van der Waals surface area contributed by atoms with Gasteiger partial charge in [0.2, 0.25) is 0 Å². The van der Waals surface area contributed by atoms with Gasteiger partial charge in [0.25, 0.3) is 0 Å². The molecule has 2 heteroatoms. The molecule has 2 nitrogen and oxygen atoms in total. The van der Waals surface area contributed by atoms with Crippen molar-refractivity contribution >= 4 is 5.97 Å². The molecular weight excluding hydrogens is 212 g/mol. The van der Waals surface area contributed by atoms with Crippen LogP contribution in [0.25, 0.3) is 0 Å². The van der Waals surface area contributed by atoms with Crippen LogP contribution < -0.4 is 0 Å². The number of esters is 1. The van der Waals surface area contributed by atoms with Crippen molar-refractivity contribution in [1.82, 2.24) is 0 Å². The SMILES string of the molecule is CC#CCCCCCCCCCCOC(C)=O. The quantitative estimate of drug-likeness (QED) is 0.325. The molecule has 98 valence electrons. The van der Waals surface area contributed by atoms with Crippen molar-refractivity contribution in [3.05, 3.63) is 0 Å². The molecule has 0 aromatic heterocycles. The third kappa shape index (κ3) is 15.0. The predicted octanol–water partition coefficient (Wildman–Crippen LogP) is 4.08. The summed E-state index contributed by atoms with van der Waals surface area (Å²) in [5.41, 5.74) is 0. The van der Waals surface area contributed by atoms with Gasteiger partial charge in [0.15, 0.2) is 0 Å². The zero-order valence-corrected chi connectivity index (χ0v) is 11.4. The summed E-state index contributed by atoms with van der Waals surface area (Å²) in [6.07, 6.45) is 11.0. The molecule has 0 heterocycles. The Hall–Kier alpha value is -0.970. The number of unbranched alkanes of at least 4 members (excludes halogenated alkanes) is 8. The molecular formula is C15H26O2. The van der Waals surface area contributed by atoms with Crippen molar-refractivity contribution < 1.29 is 9.53 Å². The van der Waals surface area contributed by atoms with Crippen LogP contribution in [0.2, 0.25) is 0 Å². The van der Waals surface area contributed by atoms with E-state index in [-0.39, 0.29) is 5.97 Å². The molecule has 17 heavy (non-hydrogen) atoms. The number of carbonyl (C=O) groups is 1. The van der Waals surface area contributed by atoms with Crippen LogP contribution in [-0.2, 0) is 9.53 Å². The van der Waals surface area contributed by atoms with Gasteiger partial charge in [-0.25, -0.2) is 0 Å². The summed E-state index contributed by atoms with van der Waals surface area (Å²) in [6.45, 7) is 3.95. The highest BCUT2D eigenvalue weighted by molar-refractivity contribution is 5.65. The van der Waals surface area contributed by atoms with Gasteiger partial charge < -0.3 is 4.74 Å². The predicted molar refractivity (Wildman–Crippen MR) is 71.6 cm³/mol. The Morgan fingerprint density at radius 3 is 2.00 bits per heavy atom. The summed E-state index contributed by atoms with van der Waals surface area (Å²) in [4.78, 5) is 10.5. The second kappa shape index (κ2) is 13.1. The van der Waals surface area contributed by atoms with Crippen LogP contribution in [0, 0.1) is 11.8 Å². The monoisotopic (exact) mass is 238 g/mol. The molecule has 0 saturated carbocycles. The molecule has 0 spiro atoms. The first-order chi connectivity index (χ1) is 8.27. The number of carbonyl (C=O) groups excluding carboxylic acids is 1. The van der Waals surface area contributed by atoms with Gasteiger partial charge in [-0.15, -0.1) is 11.8 Å². The van der Waals surface area contributed by atoms with E-state index < -0.39 is 0 Å². The zero-order valence-electron chi connectivity index (χ0n) is 11.4. The summed E-state index contributed by atoms with van der Waals surface area (Å²) in [5.74, 6) is 5.85. The van der Waals surface area contributed by atoms with E-state index in [0.717, 1.165) is 12.8 Å². The van der Waals surface area contributed by atoms with Gasteiger partial charge in [-0.1, -0.05) is 38.5 Å². The summed E-state index contributed by atoms with van der Waals surface area (Å²) in [7, 11) is 0. The van der Waals surface area contributed by atoms with Crippen molar-refractivity contribution in [2.24, 2.45) is 0 Å². The first-order valence-electron chi connectivity index (χ1n) is 6.80. The Morgan fingerprint density at radius 2 is 1.47 bits per heavy atom. The molecule has 0 rings (SSSR count). The third-order valence-electron chi connectivity index (χ3n) is 2.68. The minimum Gasteiger partial charge on any atom is -0.466 e. The van der Waals surface area contributed by atoms with Crippen molar-refractivity contribution in [3.63, 3.8) is 0 Å². The second-order valence-corrected chi connectivity index (χ2v) is 4.35. The lowest BCUT2D eigenvalue weighted by Crippen LogP contribution is -2.00. The standard InChI is InChI=1S/C15H26O2/c1-3-4-5-6-7-8-9-10-11-12-13-14-17-15(2)16/h5-14H2,1-2H3. The Kier molecular flexibility index (Phi) is 12.3. The van der Waals surface area contributed by atoms with Crippen LogP contribution in [0.4, 0.5) is 0 Å². The highest BCUT2D eigenvalue weighted by atomic mass is 16.5. The van der Waals surface area contributed by atoms with Gasteiger partial charge in [0.05, 0.1) is 6.61 Å². The van der Waals surface area contributed by atoms with E-state index in [0.29, 0.717) is 6.61 Å². The molecule has 0 aliphatic rings. The number of hydrogen-bond acceptors (Lipinski definition) is 2. The van der Waals surface area contributed by atoms with Gasteiger partial charge in [-0.05, 0) is 19.8 Å². The van der Waals surface area contributed by atoms with E-state index in [4.69, 9.17) is 4.74 Å². The van der Waals surface area contributed by atoms with Gasteiger partial charge in [-0.2, -0.15) is 0 Å². The van der Waals surface area contributed by atoms with E-state index in [9.17, 15) is 4.79 Å². The summed E-state index contributed by atoms with van der Waals surface area (Å²) >= 11 is 0. The smallest absolute Gasteiger partial charge is 0.302 e. The number of ether oxygens (including phenoxy) is 1. The minimum atomic E-state index is -0.167. The lowest BCUT2D eigenvalue weighted by Gasteiger charge is -2.02. The maximum absolute atomic E-state index is 10.5. The molecule has 0 bridgehead atoms. The van der Waals surface area contributed by atoms with E-state index in [1.54, 1.807) is 0 Å². The van der Waals surface area contributed by atoms with E-state index >= 15 is 0 Å². The first-order valence-corrected chi connectivity index (χ1v) is 6.80. The normalized spacial score (nSPS) is 9.53. The molecule has 0 N–H and O–H groups in total. The third-order valence-corrected chi connectivity index (χ3v) is 2.68. The van der Waals surface area contributed by atoms with E-state index in [1.165, 1.54) is 51.9 Å². The molecule has 0 aliphatic carbocycles. The average Bonchev–Trinajstić information content (AvgIpc) is 2.30. The average molecular weight is 238 g/mol. The fraction of sp³-hybridized carbons (Fsp3) is 0.800. The molecule has 0 aliphatic heterocycles. The topological polar surface area (TPSA) is 26.3 Å². The van der Waals surface area contributed by atoms with Gasteiger partial charge >= 0.3 is 5.97 Å². The number of rotatable bonds is 10. The van der Waals surface area contributed by atoms with Gasteiger partial charge in [-0.3, -0.25) is 4.79 Å². The second-order valence-electron chi connectivity index (χ2n) is 4.35. The molecule has 0 aromatic carbocycles. The van der Waals surface area contributed by atoms with E-state index in [1.807, 2.05) is 6.92 Å². The van der Waals surface area contributed by atoms with Crippen LogP contribution in [0.1, 0.15) is 71.6 Å². The van der Waals surface area contributed by atoms with Crippen LogP contribution >= 0.6 is 0 Å². The van der Waals surface area contributed by atoms with Crippen LogP contribution in [-0.4, -0.2) is 12.6 Å². The Morgan fingerprint density at radius 1 is 0.941 bits per heavy atom. The fourth-order valence-electron chi connectivity index (χ4n) is 1.72. The lowest BCUT2D eigenvalue weighted by atomic mass is 10.1. The number of hydrogen-bond donors (Lipinski definition) is 0. The molecule has 0 amide bonds. The first kappa shape index (κ1) is 16.0. The lowest BCUT2D eigenvalue weighted by molar-refractivity contribution is -0.141. The fourth-order valence-corrected chi connectivity index (χ4v) is 1.72. The van der Waals surface area contributed by atoms with Crippen molar-refractivity contribution in [3.8, 4) is 11.8 Å². The maximum atomic E-state index is 10.5. The molecule has 0 unspecified atom stereocenters. The van der Waals surface area contributed by atoms with Gasteiger partial charge in [0.1, 0.15) is 0 Å². The molecule has 0 aromatic rings. The van der Waals surface area contributed by atoms with Crippen LogP contribution in [0.5, 0.6) is 0 Å². The Labute approximate surface area is 106 Å². The van der Waals surface area contributed by atoms with Gasteiger partial charge in [0, 0.05) is 13.3 Å². The molecule has 0 saturated heterocycles. The minimum absolute atomic E-state index is 0.167.